The SMILES string of the molecule is C/C(=N\O)c1ccccc1.[W]. The molecule has 2 nitrogen and oxygen atoms in total. The predicted molar refractivity (Wildman–Crippen MR) is 40.4 cm³/mol. The summed E-state index contributed by atoms with van der Waals surface area (Å²) in [6, 6.07) is 9.53. The summed E-state index contributed by atoms with van der Waals surface area (Å²) in [7, 11) is 0. The molecule has 0 unspecified atom stereocenters. The van der Waals surface area contributed by atoms with E-state index in [1.165, 1.54) is 0 Å². The van der Waals surface area contributed by atoms with Crippen molar-refractivity contribution in [2.45, 2.75) is 6.92 Å². The van der Waals surface area contributed by atoms with E-state index in [4.69, 9.17) is 5.21 Å². The minimum atomic E-state index is 0. The van der Waals surface area contributed by atoms with Gasteiger partial charge in [0.15, 0.2) is 0 Å². The summed E-state index contributed by atoms with van der Waals surface area (Å²) in [5.74, 6) is 0. The Morgan fingerprint density at radius 1 is 1.27 bits per heavy atom. The summed E-state index contributed by atoms with van der Waals surface area (Å²) in [6.07, 6.45) is 0. The topological polar surface area (TPSA) is 32.6 Å². The molecule has 1 aromatic carbocycles. The monoisotopic (exact) mass is 319 g/mol. The minimum Gasteiger partial charge on any atom is -0.411 e. The maximum absolute atomic E-state index is 8.38. The molecule has 0 atom stereocenters. The molecule has 0 aromatic heterocycles. The Labute approximate surface area is 80.2 Å². The van der Waals surface area contributed by atoms with Gasteiger partial charge in [0.2, 0.25) is 0 Å². The van der Waals surface area contributed by atoms with E-state index in [2.05, 4.69) is 5.16 Å². The maximum Gasteiger partial charge on any atom is 0.0836 e. The van der Waals surface area contributed by atoms with Gasteiger partial charge in [-0.05, 0) is 12.5 Å². The fraction of sp³-hybridized carbons (Fsp3) is 0.125. The Balaban J connectivity index is 0.000001000. The fourth-order valence-electron chi connectivity index (χ4n) is 0.737. The average Bonchev–Trinajstić information content (AvgIpc) is 2.05. The number of rotatable bonds is 1. The van der Waals surface area contributed by atoms with E-state index in [-0.39, 0.29) is 21.1 Å². The van der Waals surface area contributed by atoms with Gasteiger partial charge >= 0.3 is 0 Å². The predicted octanol–water partition coefficient (Wildman–Crippen LogP) is 1.88. The van der Waals surface area contributed by atoms with E-state index in [1.54, 1.807) is 6.92 Å². The number of hydrogen-bond acceptors (Lipinski definition) is 2. The van der Waals surface area contributed by atoms with E-state index >= 15 is 0 Å². The van der Waals surface area contributed by atoms with Crippen LogP contribution >= 0.6 is 0 Å². The third-order valence-corrected chi connectivity index (χ3v) is 1.34. The van der Waals surface area contributed by atoms with Crippen LogP contribution in [0.5, 0.6) is 0 Å². The zero-order valence-electron chi connectivity index (χ0n) is 6.19. The van der Waals surface area contributed by atoms with Gasteiger partial charge in [0, 0.05) is 21.1 Å². The van der Waals surface area contributed by atoms with Gasteiger partial charge in [0.05, 0.1) is 5.71 Å². The minimum absolute atomic E-state index is 0. The molecule has 0 aliphatic rings. The van der Waals surface area contributed by atoms with Gasteiger partial charge in [-0.1, -0.05) is 35.5 Å². The van der Waals surface area contributed by atoms with Gasteiger partial charge in [0.1, 0.15) is 0 Å². The van der Waals surface area contributed by atoms with Crippen LogP contribution in [0, 0.1) is 0 Å². The molecule has 0 aliphatic carbocycles. The van der Waals surface area contributed by atoms with Crippen LogP contribution in [0.4, 0.5) is 0 Å². The van der Waals surface area contributed by atoms with E-state index in [0.29, 0.717) is 5.71 Å². The van der Waals surface area contributed by atoms with Crippen LogP contribution in [0.3, 0.4) is 0 Å². The molecule has 11 heavy (non-hydrogen) atoms. The molecule has 0 saturated heterocycles. The molecule has 3 heteroatoms. The molecule has 1 rings (SSSR count). The fourth-order valence-corrected chi connectivity index (χ4v) is 0.737. The van der Waals surface area contributed by atoms with Crippen molar-refractivity contribution in [2.24, 2.45) is 5.16 Å². The van der Waals surface area contributed by atoms with E-state index in [1.807, 2.05) is 30.3 Å². The second-order valence-corrected chi connectivity index (χ2v) is 2.05. The average molecular weight is 319 g/mol. The van der Waals surface area contributed by atoms with E-state index in [0.717, 1.165) is 5.56 Å². The number of hydrogen-bond donors (Lipinski definition) is 1. The van der Waals surface area contributed by atoms with Crippen LogP contribution in [0.25, 0.3) is 0 Å². The van der Waals surface area contributed by atoms with Gasteiger partial charge in [0.25, 0.3) is 0 Å². The maximum atomic E-state index is 8.38. The first kappa shape index (κ1) is 10.4. The normalized spacial score (nSPS) is 10.5. The Morgan fingerprint density at radius 3 is 2.27 bits per heavy atom. The molecule has 0 radical (unpaired) electrons. The van der Waals surface area contributed by atoms with E-state index < -0.39 is 0 Å². The van der Waals surface area contributed by atoms with Crippen LogP contribution in [-0.2, 0) is 21.1 Å². The summed E-state index contributed by atoms with van der Waals surface area (Å²) < 4.78 is 0. The van der Waals surface area contributed by atoms with Crippen LogP contribution in [0.1, 0.15) is 12.5 Å². The Morgan fingerprint density at radius 2 is 1.82 bits per heavy atom. The van der Waals surface area contributed by atoms with Gasteiger partial charge in [-0.2, -0.15) is 0 Å². The Kier molecular flexibility index (Phi) is 4.80. The quantitative estimate of drug-likeness (QED) is 0.479. The number of benzene rings is 1. The van der Waals surface area contributed by atoms with Crippen LogP contribution in [-0.4, -0.2) is 10.9 Å². The molecule has 0 heterocycles. The molecule has 0 fully saturated rings. The standard InChI is InChI=1S/C8H9NO.W/c1-7(9-10)8-5-3-2-4-6-8;/h2-6,10H,1H3;/b9-7+;. The summed E-state index contributed by atoms with van der Waals surface area (Å²) in [5.41, 5.74) is 1.59. The van der Waals surface area contributed by atoms with Gasteiger partial charge in [-0.3, -0.25) is 0 Å². The van der Waals surface area contributed by atoms with Crippen molar-refractivity contribution in [3.05, 3.63) is 35.9 Å². The first-order valence-corrected chi connectivity index (χ1v) is 3.08. The van der Waals surface area contributed by atoms with Crippen molar-refractivity contribution in [1.29, 1.82) is 0 Å². The molecule has 0 spiro atoms. The van der Waals surface area contributed by atoms with Crippen molar-refractivity contribution in [3.63, 3.8) is 0 Å². The molecular formula is C8H9NOW. The summed E-state index contributed by atoms with van der Waals surface area (Å²) in [4.78, 5) is 0. The summed E-state index contributed by atoms with van der Waals surface area (Å²) >= 11 is 0. The third kappa shape index (κ3) is 2.85. The smallest absolute Gasteiger partial charge is 0.0836 e. The van der Waals surface area contributed by atoms with Crippen molar-refractivity contribution in [2.75, 3.05) is 0 Å². The van der Waals surface area contributed by atoms with Crippen molar-refractivity contribution < 1.29 is 26.3 Å². The van der Waals surface area contributed by atoms with Crippen LogP contribution in [0.2, 0.25) is 0 Å². The summed E-state index contributed by atoms with van der Waals surface area (Å²) in [5, 5.41) is 11.5. The summed E-state index contributed by atoms with van der Waals surface area (Å²) in [6.45, 7) is 1.76. The van der Waals surface area contributed by atoms with Gasteiger partial charge < -0.3 is 5.21 Å². The largest absolute Gasteiger partial charge is 0.411 e. The molecule has 1 aromatic rings. The Hall–Kier alpha value is -0.622. The third-order valence-electron chi connectivity index (χ3n) is 1.34. The van der Waals surface area contributed by atoms with Gasteiger partial charge in [-0.25, -0.2) is 0 Å². The zero-order chi connectivity index (χ0) is 7.40. The Bertz CT molecular complexity index is 233. The van der Waals surface area contributed by atoms with Crippen LogP contribution in [0.15, 0.2) is 35.5 Å². The second-order valence-electron chi connectivity index (χ2n) is 2.05. The molecule has 0 amide bonds. The van der Waals surface area contributed by atoms with Crippen LogP contribution < -0.4 is 0 Å². The first-order valence-electron chi connectivity index (χ1n) is 3.08. The first-order chi connectivity index (χ1) is 4.84. The van der Waals surface area contributed by atoms with E-state index in [9.17, 15) is 0 Å². The van der Waals surface area contributed by atoms with Crippen molar-refractivity contribution in [1.82, 2.24) is 0 Å². The van der Waals surface area contributed by atoms with Crippen molar-refractivity contribution in [3.8, 4) is 0 Å². The molecular weight excluding hydrogens is 310 g/mol. The molecule has 0 bridgehead atoms. The number of nitrogens with zero attached hydrogens (tertiary/aromatic N) is 1. The molecule has 58 valence electrons. The number of oxime groups is 1. The molecule has 0 saturated carbocycles. The molecule has 0 aliphatic heterocycles. The van der Waals surface area contributed by atoms with Gasteiger partial charge in [-0.15, -0.1) is 0 Å². The van der Waals surface area contributed by atoms with Crippen molar-refractivity contribution >= 4 is 5.71 Å². The second kappa shape index (κ2) is 5.08. The zero-order valence-corrected chi connectivity index (χ0v) is 9.12. The molecule has 1 N–H and O–H groups in total.